The fourth-order valence-corrected chi connectivity index (χ4v) is 5.96. The number of rotatable bonds is 14. The predicted molar refractivity (Wildman–Crippen MR) is 165 cm³/mol. The van der Waals surface area contributed by atoms with Gasteiger partial charge in [-0.2, -0.15) is 0 Å². The van der Waals surface area contributed by atoms with Crippen molar-refractivity contribution < 1.29 is 27.1 Å². The minimum atomic E-state index is -4.20. The molecule has 2 atom stereocenters. The molecule has 2 amide bonds. The van der Waals surface area contributed by atoms with Crippen LogP contribution in [0.15, 0.2) is 82.2 Å². The van der Waals surface area contributed by atoms with Crippen LogP contribution in [0, 0.1) is 5.82 Å². The molecule has 0 aliphatic carbocycles. The number of nitrogens with zero attached hydrogens (tertiary/aromatic N) is 2. The molecule has 1 N–H and O–H groups in total. The zero-order valence-corrected chi connectivity index (χ0v) is 26.6. The zero-order valence-electron chi connectivity index (χ0n) is 24.2. The van der Waals surface area contributed by atoms with E-state index in [1.54, 1.807) is 43.3 Å². The normalized spacial score (nSPS) is 12.7. The number of sulfonamides is 1. The quantitative estimate of drug-likeness (QED) is 0.232. The first-order chi connectivity index (χ1) is 20.0. The van der Waals surface area contributed by atoms with Crippen LogP contribution < -0.4 is 14.4 Å². The van der Waals surface area contributed by atoms with E-state index in [-0.39, 0.29) is 35.5 Å². The Morgan fingerprint density at radius 2 is 1.55 bits per heavy atom. The zero-order chi connectivity index (χ0) is 30.9. The van der Waals surface area contributed by atoms with Gasteiger partial charge >= 0.3 is 0 Å². The second kappa shape index (κ2) is 15.2. The van der Waals surface area contributed by atoms with Gasteiger partial charge in [0.2, 0.25) is 11.8 Å². The number of nitrogens with one attached hydrogen (secondary N) is 1. The van der Waals surface area contributed by atoms with Crippen LogP contribution in [0.25, 0.3) is 0 Å². The first-order valence-corrected chi connectivity index (χ1v) is 16.1. The van der Waals surface area contributed by atoms with Gasteiger partial charge in [-0.15, -0.1) is 0 Å². The largest absolute Gasteiger partial charge is 0.494 e. The molecule has 0 radical (unpaired) electrons. The highest BCUT2D eigenvalue weighted by Crippen LogP contribution is 2.27. The third-order valence-electron chi connectivity index (χ3n) is 6.77. The number of hydrogen-bond donors (Lipinski definition) is 1. The molecule has 3 aromatic rings. The summed E-state index contributed by atoms with van der Waals surface area (Å²) in [7, 11) is -4.20. The molecule has 0 saturated heterocycles. The van der Waals surface area contributed by atoms with Crippen LogP contribution in [0.3, 0.4) is 0 Å². The van der Waals surface area contributed by atoms with E-state index in [4.69, 9.17) is 4.74 Å². The van der Waals surface area contributed by atoms with Crippen molar-refractivity contribution in [1.82, 2.24) is 10.2 Å². The van der Waals surface area contributed by atoms with E-state index >= 15 is 0 Å². The van der Waals surface area contributed by atoms with Crippen molar-refractivity contribution in [2.75, 3.05) is 17.5 Å². The summed E-state index contributed by atoms with van der Waals surface area (Å²) in [5.74, 6) is -0.801. The number of halogens is 2. The number of benzene rings is 3. The van der Waals surface area contributed by atoms with Gasteiger partial charge in [0.15, 0.2) is 0 Å². The van der Waals surface area contributed by atoms with Crippen molar-refractivity contribution in [1.29, 1.82) is 0 Å². The van der Waals surface area contributed by atoms with E-state index in [0.29, 0.717) is 28.8 Å². The smallest absolute Gasteiger partial charge is 0.264 e. The van der Waals surface area contributed by atoms with Gasteiger partial charge in [-0.05, 0) is 92.9 Å². The van der Waals surface area contributed by atoms with Crippen LogP contribution in [0.5, 0.6) is 5.75 Å². The average molecular weight is 663 g/mol. The second-order valence-electron chi connectivity index (χ2n) is 9.78. The molecule has 0 fully saturated rings. The maximum Gasteiger partial charge on any atom is 0.264 e. The lowest BCUT2D eigenvalue weighted by molar-refractivity contribution is -0.140. The van der Waals surface area contributed by atoms with Crippen molar-refractivity contribution in [2.24, 2.45) is 0 Å². The van der Waals surface area contributed by atoms with Crippen LogP contribution in [0.2, 0.25) is 0 Å². The molecule has 0 aliphatic rings. The van der Waals surface area contributed by atoms with Crippen molar-refractivity contribution >= 4 is 43.5 Å². The predicted octanol–water partition coefficient (Wildman–Crippen LogP) is 5.90. The minimum absolute atomic E-state index is 0.000903. The molecule has 8 nitrogen and oxygen atoms in total. The topological polar surface area (TPSA) is 96.0 Å². The standard InChI is InChI=1S/C31H37BrFN3O5S/c1-5-22(4)34-31(38)29(6-2)35(20-23-8-12-25(33)13-9-23)30(37)21-36(26-14-16-27(17-15-26)41-7-3)42(39,40)28-18-10-24(32)11-19-28/h8-19,22,29H,5-7,20-21H2,1-4H3,(H,34,38)/t22-,29-/m1/s1. The van der Waals surface area contributed by atoms with E-state index in [2.05, 4.69) is 21.2 Å². The monoisotopic (exact) mass is 661 g/mol. The minimum Gasteiger partial charge on any atom is -0.494 e. The van der Waals surface area contributed by atoms with Crippen LogP contribution in [-0.2, 0) is 26.2 Å². The molecule has 0 heterocycles. The molecule has 0 spiro atoms. The maximum absolute atomic E-state index is 14.1. The highest BCUT2D eigenvalue weighted by Gasteiger charge is 2.34. The first-order valence-electron chi connectivity index (χ1n) is 13.9. The van der Waals surface area contributed by atoms with Crippen LogP contribution in [0.1, 0.15) is 46.1 Å². The summed E-state index contributed by atoms with van der Waals surface area (Å²) in [5, 5.41) is 2.93. The van der Waals surface area contributed by atoms with E-state index in [9.17, 15) is 22.4 Å². The van der Waals surface area contributed by atoms with Gasteiger partial charge in [-0.1, -0.05) is 41.9 Å². The van der Waals surface area contributed by atoms with Gasteiger partial charge in [0, 0.05) is 17.1 Å². The molecule has 0 unspecified atom stereocenters. The molecule has 0 aromatic heterocycles. The van der Waals surface area contributed by atoms with Crippen molar-refractivity contribution in [3.8, 4) is 5.75 Å². The van der Waals surface area contributed by atoms with Gasteiger partial charge in [-0.25, -0.2) is 12.8 Å². The Morgan fingerprint density at radius 3 is 2.10 bits per heavy atom. The first kappa shape index (κ1) is 33.1. The molecule has 0 saturated carbocycles. The van der Waals surface area contributed by atoms with Gasteiger partial charge in [0.05, 0.1) is 17.2 Å². The van der Waals surface area contributed by atoms with Crippen molar-refractivity contribution in [3.63, 3.8) is 0 Å². The van der Waals surface area contributed by atoms with E-state index < -0.39 is 34.3 Å². The van der Waals surface area contributed by atoms with E-state index in [1.807, 2.05) is 20.8 Å². The Balaban J connectivity index is 2.05. The molecular formula is C31H37BrFN3O5S. The van der Waals surface area contributed by atoms with E-state index in [0.717, 1.165) is 4.31 Å². The number of carbonyl (C=O) groups is 2. The van der Waals surface area contributed by atoms with Crippen LogP contribution in [-0.4, -0.2) is 50.4 Å². The second-order valence-corrected chi connectivity index (χ2v) is 12.6. The van der Waals surface area contributed by atoms with Crippen LogP contribution >= 0.6 is 15.9 Å². The third kappa shape index (κ3) is 8.54. The third-order valence-corrected chi connectivity index (χ3v) is 9.09. The van der Waals surface area contributed by atoms with Gasteiger partial charge in [-0.3, -0.25) is 13.9 Å². The number of hydrogen-bond acceptors (Lipinski definition) is 5. The molecule has 0 aliphatic heterocycles. The van der Waals surface area contributed by atoms with Crippen molar-refractivity contribution in [3.05, 3.63) is 88.6 Å². The molecule has 226 valence electrons. The fraction of sp³-hybridized carbons (Fsp3) is 0.355. The molecule has 42 heavy (non-hydrogen) atoms. The summed E-state index contributed by atoms with van der Waals surface area (Å²) >= 11 is 3.33. The lowest BCUT2D eigenvalue weighted by Crippen LogP contribution is -2.53. The average Bonchev–Trinajstić information content (AvgIpc) is 2.97. The van der Waals surface area contributed by atoms with Crippen molar-refractivity contribution in [2.45, 2.75) is 64.1 Å². The van der Waals surface area contributed by atoms with E-state index in [1.165, 1.54) is 41.3 Å². The summed E-state index contributed by atoms with van der Waals surface area (Å²) in [6, 6.07) is 17.2. The summed E-state index contributed by atoms with van der Waals surface area (Å²) in [6.07, 6.45) is 0.989. The number of anilines is 1. The molecule has 3 aromatic carbocycles. The molecular weight excluding hydrogens is 625 g/mol. The number of carbonyl (C=O) groups excluding carboxylic acids is 2. The number of ether oxygens (including phenoxy) is 1. The summed E-state index contributed by atoms with van der Waals surface area (Å²) in [5.41, 5.74) is 0.858. The molecule has 0 bridgehead atoms. The Labute approximate surface area is 256 Å². The molecule has 3 rings (SSSR count). The van der Waals surface area contributed by atoms with Gasteiger partial charge in [0.1, 0.15) is 24.2 Å². The Kier molecular flexibility index (Phi) is 11.9. The summed E-state index contributed by atoms with van der Waals surface area (Å²) < 4.78 is 48.8. The summed E-state index contributed by atoms with van der Waals surface area (Å²) in [4.78, 5) is 28.8. The lowest BCUT2D eigenvalue weighted by Gasteiger charge is -2.33. The lowest BCUT2D eigenvalue weighted by atomic mass is 10.1. The Bertz CT molecular complexity index is 1430. The van der Waals surface area contributed by atoms with Gasteiger partial charge in [0.25, 0.3) is 10.0 Å². The fourth-order valence-electron chi connectivity index (χ4n) is 4.28. The highest BCUT2D eigenvalue weighted by atomic mass is 79.9. The molecule has 11 heteroatoms. The Hall–Kier alpha value is -3.44. The Morgan fingerprint density at radius 1 is 0.929 bits per heavy atom. The van der Waals surface area contributed by atoms with Crippen LogP contribution in [0.4, 0.5) is 10.1 Å². The SMILES string of the molecule is CCOc1ccc(N(CC(=O)N(Cc2ccc(F)cc2)[C@H](CC)C(=O)N[C@H](C)CC)S(=O)(=O)c2ccc(Br)cc2)cc1. The highest BCUT2D eigenvalue weighted by molar-refractivity contribution is 9.10. The number of amides is 2. The summed E-state index contributed by atoms with van der Waals surface area (Å²) in [6.45, 7) is 7.29. The maximum atomic E-state index is 14.1. The van der Waals surface area contributed by atoms with Gasteiger partial charge < -0.3 is 15.0 Å².